The molecule has 0 aliphatic carbocycles. The molecule has 0 atom stereocenters. The predicted molar refractivity (Wildman–Crippen MR) is 107 cm³/mol. The SMILES string of the molecule is CCCNC(=O)c1cnc(N2CCN(c3ccccc3C#N)CC2)nc1OC. The number of anilines is 2. The lowest BCUT2D eigenvalue weighted by Crippen LogP contribution is -2.47. The molecule has 3 rings (SSSR count). The van der Waals surface area contributed by atoms with Crippen molar-refractivity contribution in [2.45, 2.75) is 13.3 Å². The Morgan fingerprint density at radius 3 is 2.64 bits per heavy atom. The number of nitrogens with zero attached hydrogens (tertiary/aromatic N) is 5. The molecule has 1 amide bonds. The minimum Gasteiger partial charge on any atom is -0.480 e. The quantitative estimate of drug-likeness (QED) is 0.817. The first kappa shape index (κ1) is 19.4. The van der Waals surface area contributed by atoms with E-state index < -0.39 is 0 Å². The van der Waals surface area contributed by atoms with Gasteiger partial charge in [0, 0.05) is 38.9 Å². The highest BCUT2D eigenvalue weighted by molar-refractivity contribution is 5.96. The van der Waals surface area contributed by atoms with Gasteiger partial charge in [0.15, 0.2) is 0 Å². The van der Waals surface area contributed by atoms with Crippen LogP contribution in [0.1, 0.15) is 29.3 Å². The number of hydrogen-bond donors (Lipinski definition) is 1. The zero-order valence-electron chi connectivity index (χ0n) is 16.2. The molecule has 1 aromatic carbocycles. The van der Waals surface area contributed by atoms with Gasteiger partial charge in [-0.1, -0.05) is 19.1 Å². The molecule has 8 nitrogen and oxygen atoms in total. The molecule has 1 fully saturated rings. The molecule has 0 saturated carbocycles. The molecule has 2 heterocycles. The summed E-state index contributed by atoms with van der Waals surface area (Å²) in [6.07, 6.45) is 2.37. The highest BCUT2D eigenvalue weighted by Gasteiger charge is 2.23. The Morgan fingerprint density at radius 2 is 1.96 bits per heavy atom. The Kier molecular flexibility index (Phi) is 6.27. The van der Waals surface area contributed by atoms with Crippen LogP contribution >= 0.6 is 0 Å². The fourth-order valence-corrected chi connectivity index (χ4v) is 3.15. The number of benzene rings is 1. The van der Waals surface area contributed by atoms with Crippen molar-refractivity contribution in [2.75, 3.05) is 49.6 Å². The number of nitrogens with one attached hydrogen (secondary N) is 1. The first-order valence-corrected chi connectivity index (χ1v) is 9.36. The van der Waals surface area contributed by atoms with Crippen LogP contribution in [0.2, 0.25) is 0 Å². The maximum atomic E-state index is 12.2. The standard InChI is InChI=1S/C20H24N6O2/c1-3-8-22-18(27)16-14-23-20(24-19(16)28-2)26-11-9-25(10-12-26)17-7-5-4-6-15(17)13-21/h4-7,14H,3,8-12H2,1-2H3,(H,22,27). The fourth-order valence-electron chi connectivity index (χ4n) is 3.15. The van der Waals surface area contributed by atoms with Crippen LogP contribution in [0.25, 0.3) is 0 Å². The Hall–Kier alpha value is -3.34. The number of rotatable bonds is 6. The number of piperazine rings is 1. The number of hydrogen-bond acceptors (Lipinski definition) is 7. The van der Waals surface area contributed by atoms with Gasteiger partial charge in [-0.25, -0.2) is 4.98 Å². The highest BCUT2D eigenvalue weighted by atomic mass is 16.5. The number of carbonyl (C=O) groups excluding carboxylic acids is 1. The van der Waals surface area contributed by atoms with Crippen molar-refractivity contribution < 1.29 is 9.53 Å². The number of carbonyl (C=O) groups is 1. The molecule has 146 valence electrons. The van der Waals surface area contributed by atoms with Gasteiger partial charge >= 0.3 is 0 Å². The molecule has 0 bridgehead atoms. The normalized spacial score (nSPS) is 13.8. The van der Waals surface area contributed by atoms with Gasteiger partial charge in [0.05, 0.1) is 18.4 Å². The fraction of sp³-hybridized carbons (Fsp3) is 0.400. The number of amides is 1. The lowest BCUT2D eigenvalue weighted by Gasteiger charge is -2.36. The molecule has 1 aliphatic rings. The molecule has 2 aromatic rings. The summed E-state index contributed by atoms with van der Waals surface area (Å²) in [7, 11) is 1.50. The first-order valence-electron chi connectivity index (χ1n) is 9.36. The lowest BCUT2D eigenvalue weighted by atomic mass is 10.1. The van der Waals surface area contributed by atoms with Gasteiger partial charge < -0.3 is 19.9 Å². The maximum Gasteiger partial charge on any atom is 0.258 e. The van der Waals surface area contributed by atoms with Crippen molar-refractivity contribution in [3.8, 4) is 11.9 Å². The van der Waals surface area contributed by atoms with E-state index in [-0.39, 0.29) is 11.8 Å². The topological polar surface area (TPSA) is 94.4 Å². The van der Waals surface area contributed by atoms with Crippen molar-refractivity contribution in [2.24, 2.45) is 0 Å². The van der Waals surface area contributed by atoms with Gasteiger partial charge in [0.2, 0.25) is 11.8 Å². The van der Waals surface area contributed by atoms with Crippen molar-refractivity contribution in [1.29, 1.82) is 5.26 Å². The Morgan fingerprint density at radius 1 is 1.25 bits per heavy atom. The van der Waals surface area contributed by atoms with E-state index in [1.54, 1.807) is 0 Å². The molecule has 0 spiro atoms. The van der Waals surface area contributed by atoms with Crippen molar-refractivity contribution in [3.63, 3.8) is 0 Å². The van der Waals surface area contributed by atoms with Gasteiger partial charge in [-0.05, 0) is 18.6 Å². The van der Waals surface area contributed by atoms with Crippen LogP contribution in [0.15, 0.2) is 30.5 Å². The van der Waals surface area contributed by atoms with Crippen molar-refractivity contribution >= 4 is 17.5 Å². The summed E-state index contributed by atoms with van der Waals surface area (Å²) in [5.74, 6) is 0.580. The zero-order chi connectivity index (χ0) is 19.9. The van der Waals surface area contributed by atoms with Crippen molar-refractivity contribution in [3.05, 3.63) is 41.6 Å². The van der Waals surface area contributed by atoms with Crippen LogP contribution in [-0.4, -0.2) is 55.7 Å². The van der Waals surface area contributed by atoms with Crippen molar-refractivity contribution in [1.82, 2.24) is 15.3 Å². The summed E-state index contributed by atoms with van der Waals surface area (Å²) in [6.45, 7) is 5.52. The summed E-state index contributed by atoms with van der Waals surface area (Å²) in [5.41, 5.74) is 1.96. The van der Waals surface area contributed by atoms with E-state index in [1.165, 1.54) is 13.3 Å². The summed E-state index contributed by atoms with van der Waals surface area (Å²) in [4.78, 5) is 25.3. The Bertz CT molecular complexity index is 871. The van der Waals surface area contributed by atoms with E-state index in [0.717, 1.165) is 25.2 Å². The summed E-state index contributed by atoms with van der Waals surface area (Å²) in [5, 5.41) is 12.1. The number of nitriles is 1. The van der Waals surface area contributed by atoms with Crippen LogP contribution < -0.4 is 19.9 Å². The summed E-state index contributed by atoms with van der Waals surface area (Å²) in [6, 6.07) is 9.86. The Balaban J connectivity index is 1.70. The zero-order valence-corrected chi connectivity index (χ0v) is 16.2. The van der Waals surface area contributed by atoms with E-state index in [9.17, 15) is 10.1 Å². The second kappa shape index (κ2) is 9.04. The second-order valence-electron chi connectivity index (χ2n) is 6.45. The van der Waals surface area contributed by atoms with Gasteiger partial charge in [-0.3, -0.25) is 4.79 Å². The van der Waals surface area contributed by atoms with E-state index in [4.69, 9.17) is 4.74 Å². The number of methoxy groups -OCH3 is 1. The third-order valence-electron chi connectivity index (χ3n) is 4.64. The molecule has 1 aliphatic heterocycles. The van der Waals surface area contributed by atoms with E-state index in [0.29, 0.717) is 36.7 Å². The van der Waals surface area contributed by atoms with E-state index in [2.05, 4.69) is 31.2 Å². The van der Waals surface area contributed by atoms with E-state index >= 15 is 0 Å². The average molecular weight is 380 g/mol. The molecule has 1 saturated heterocycles. The minimum atomic E-state index is -0.233. The number of ether oxygens (including phenoxy) is 1. The Labute approximate surface area is 164 Å². The molecule has 0 unspecified atom stereocenters. The number of para-hydroxylation sites is 1. The van der Waals surface area contributed by atoms with E-state index in [1.807, 2.05) is 31.2 Å². The first-order chi connectivity index (χ1) is 13.7. The van der Waals surface area contributed by atoms with Crippen LogP contribution in [0.3, 0.4) is 0 Å². The third-order valence-corrected chi connectivity index (χ3v) is 4.64. The highest BCUT2D eigenvalue weighted by Crippen LogP contribution is 2.23. The predicted octanol–water partition coefficient (Wildman–Crippen LogP) is 1.82. The molecular weight excluding hydrogens is 356 g/mol. The smallest absolute Gasteiger partial charge is 0.258 e. The minimum absolute atomic E-state index is 0.233. The summed E-state index contributed by atoms with van der Waals surface area (Å²) >= 11 is 0. The largest absolute Gasteiger partial charge is 0.480 e. The van der Waals surface area contributed by atoms with Crippen LogP contribution in [0, 0.1) is 11.3 Å². The second-order valence-corrected chi connectivity index (χ2v) is 6.45. The van der Waals surface area contributed by atoms with Crippen LogP contribution in [0.4, 0.5) is 11.6 Å². The lowest BCUT2D eigenvalue weighted by molar-refractivity contribution is 0.0949. The molecule has 1 N–H and O–H groups in total. The maximum absolute atomic E-state index is 12.2. The molecule has 0 radical (unpaired) electrons. The molecule has 8 heteroatoms. The van der Waals surface area contributed by atoms with Gasteiger partial charge in [0.25, 0.3) is 5.91 Å². The van der Waals surface area contributed by atoms with Gasteiger partial charge in [0.1, 0.15) is 11.6 Å². The van der Waals surface area contributed by atoms with Gasteiger partial charge in [-0.2, -0.15) is 10.2 Å². The summed E-state index contributed by atoms with van der Waals surface area (Å²) < 4.78 is 5.31. The molecular formula is C20H24N6O2. The molecule has 1 aromatic heterocycles. The third kappa shape index (κ3) is 4.14. The van der Waals surface area contributed by atoms with Crippen LogP contribution in [-0.2, 0) is 0 Å². The van der Waals surface area contributed by atoms with Gasteiger partial charge in [-0.15, -0.1) is 0 Å². The molecule has 28 heavy (non-hydrogen) atoms. The average Bonchev–Trinajstić information content (AvgIpc) is 2.77. The number of aromatic nitrogens is 2. The monoisotopic (exact) mass is 380 g/mol. The van der Waals surface area contributed by atoms with Crippen LogP contribution in [0.5, 0.6) is 5.88 Å².